The zero-order valence-corrected chi connectivity index (χ0v) is 15.2. The highest BCUT2D eigenvalue weighted by atomic mass is 35.5. The number of nitrogens with zero attached hydrogens (tertiary/aromatic N) is 1. The molecule has 0 aliphatic carbocycles. The van der Waals surface area contributed by atoms with Crippen LogP contribution in [0.5, 0.6) is 11.5 Å². The Bertz CT molecular complexity index is 893. The number of carbonyl (C=O) groups is 1. The van der Waals surface area contributed by atoms with Gasteiger partial charge in [0.25, 0.3) is 5.91 Å². The molecular formula is C17H12Cl2N2O3S. The molecule has 5 nitrogen and oxygen atoms in total. The summed E-state index contributed by atoms with van der Waals surface area (Å²) in [5, 5.41) is 13.7. The van der Waals surface area contributed by atoms with Crippen LogP contribution in [-0.2, 0) is 4.79 Å². The van der Waals surface area contributed by atoms with E-state index in [-0.39, 0.29) is 11.7 Å². The minimum atomic E-state index is -0.260. The number of benzene rings is 2. The molecule has 128 valence electrons. The maximum atomic E-state index is 12.1. The Morgan fingerprint density at radius 3 is 2.60 bits per heavy atom. The monoisotopic (exact) mass is 394 g/mol. The largest absolute Gasteiger partial charge is 0.504 e. The fraction of sp³-hybridized carbons (Fsp3) is 0.0588. The van der Waals surface area contributed by atoms with Crippen LogP contribution in [0.25, 0.3) is 6.08 Å². The molecule has 1 aliphatic heterocycles. The van der Waals surface area contributed by atoms with Crippen LogP contribution < -0.4 is 10.1 Å². The van der Waals surface area contributed by atoms with Crippen molar-refractivity contribution in [2.75, 3.05) is 7.11 Å². The average Bonchev–Trinajstić information content (AvgIpc) is 2.87. The van der Waals surface area contributed by atoms with Gasteiger partial charge in [-0.2, -0.15) is 0 Å². The molecule has 3 rings (SSSR count). The zero-order valence-electron chi connectivity index (χ0n) is 12.9. The summed E-state index contributed by atoms with van der Waals surface area (Å²) in [6, 6.07) is 9.74. The molecule has 1 saturated heterocycles. The van der Waals surface area contributed by atoms with Crippen molar-refractivity contribution in [3.8, 4) is 11.5 Å². The summed E-state index contributed by atoms with van der Waals surface area (Å²) in [6.45, 7) is 0. The molecule has 1 heterocycles. The number of rotatable bonds is 3. The summed E-state index contributed by atoms with van der Waals surface area (Å²) in [6.07, 6.45) is 1.69. The van der Waals surface area contributed by atoms with Gasteiger partial charge >= 0.3 is 0 Å². The van der Waals surface area contributed by atoms with Crippen LogP contribution >= 0.6 is 35.0 Å². The molecule has 0 spiro atoms. The van der Waals surface area contributed by atoms with E-state index in [1.165, 1.54) is 24.9 Å². The molecule has 1 amide bonds. The van der Waals surface area contributed by atoms with Gasteiger partial charge in [-0.05, 0) is 53.7 Å². The van der Waals surface area contributed by atoms with Crippen LogP contribution in [0.15, 0.2) is 46.3 Å². The number of thioether (sulfide) groups is 1. The van der Waals surface area contributed by atoms with Crippen LogP contribution in [-0.4, -0.2) is 23.3 Å². The molecule has 2 aromatic rings. The lowest BCUT2D eigenvalue weighted by molar-refractivity contribution is -0.115. The smallest absolute Gasteiger partial charge is 0.264 e. The fourth-order valence-corrected chi connectivity index (χ4v) is 3.49. The van der Waals surface area contributed by atoms with Gasteiger partial charge in [0, 0.05) is 10.0 Å². The lowest BCUT2D eigenvalue weighted by Crippen LogP contribution is -2.19. The minimum absolute atomic E-state index is 0.0354. The number of methoxy groups -OCH3 is 1. The zero-order chi connectivity index (χ0) is 18.0. The number of hydrogen-bond donors (Lipinski definition) is 2. The molecule has 0 aromatic heterocycles. The van der Waals surface area contributed by atoms with E-state index < -0.39 is 0 Å². The molecule has 2 N–H and O–H groups in total. The Hall–Kier alpha value is -2.15. The molecule has 0 bridgehead atoms. The highest BCUT2D eigenvalue weighted by Crippen LogP contribution is 2.32. The first kappa shape index (κ1) is 17.7. The first-order chi connectivity index (χ1) is 11.9. The van der Waals surface area contributed by atoms with Crippen LogP contribution in [0, 0.1) is 0 Å². The number of amidine groups is 1. The normalized spacial score (nSPS) is 17.2. The van der Waals surface area contributed by atoms with Crippen LogP contribution in [0.1, 0.15) is 5.56 Å². The second-order valence-electron chi connectivity index (χ2n) is 5.04. The number of phenolic OH excluding ortho intramolecular Hbond substituents is 1. The first-order valence-corrected chi connectivity index (χ1v) is 8.64. The van der Waals surface area contributed by atoms with Crippen molar-refractivity contribution in [3.63, 3.8) is 0 Å². The predicted octanol–water partition coefficient (Wildman–Crippen LogP) is 4.60. The summed E-state index contributed by atoms with van der Waals surface area (Å²) in [7, 11) is 1.46. The van der Waals surface area contributed by atoms with Crippen molar-refractivity contribution in [1.82, 2.24) is 5.32 Å². The van der Waals surface area contributed by atoms with Gasteiger partial charge < -0.3 is 15.2 Å². The number of halogens is 2. The lowest BCUT2D eigenvalue weighted by Gasteiger charge is -2.03. The maximum absolute atomic E-state index is 12.1. The van der Waals surface area contributed by atoms with Crippen molar-refractivity contribution >= 4 is 57.8 Å². The number of ether oxygens (including phenoxy) is 1. The highest BCUT2D eigenvalue weighted by molar-refractivity contribution is 8.18. The van der Waals surface area contributed by atoms with Gasteiger partial charge in [-0.25, -0.2) is 4.99 Å². The van der Waals surface area contributed by atoms with E-state index in [0.717, 1.165) is 5.56 Å². The molecule has 0 saturated carbocycles. The van der Waals surface area contributed by atoms with Crippen LogP contribution in [0.4, 0.5) is 5.69 Å². The van der Waals surface area contributed by atoms with E-state index in [0.29, 0.717) is 31.6 Å². The van der Waals surface area contributed by atoms with E-state index in [9.17, 15) is 9.90 Å². The standard InChI is InChI=1S/C17H12Cl2N2O3S/c1-24-14-4-9(2-3-13(14)22)5-15-16(23)21-17(25-15)20-12-7-10(18)6-11(19)8-12/h2-8,22H,1H3,(H,20,21,23)/b15-5+. The summed E-state index contributed by atoms with van der Waals surface area (Å²) in [4.78, 5) is 16.9. The molecule has 8 heteroatoms. The molecule has 0 radical (unpaired) electrons. The maximum Gasteiger partial charge on any atom is 0.264 e. The van der Waals surface area contributed by atoms with E-state index in [2.05, 4.69) is 10.3 Å². The number of nitrogens with one attached hydrogen (secondary N) is 1. The average molecular weight is 395 g/mol. The third-order valence-electron chi connectivity index (χ3n) is 3.23. The molecule has 0 unspecified atom stereocenters. The van der Waals surface area contributed by atoms with Gasteiger partial charge in [0.2, 0.25) is 0 Å². The Morgan fingerprint density at radius 1 is 1.20 bits per heavy atom. The molecule has 25 heavy (non-hydrogen) atoms. The van der Waals surface area contributed by atoms with E-state index >= 15 is 0 Å². The third-order valence-corrected chi connectivity index (χ3v) is 4.58. The van der Waals surface area contributed by atoms with Crippen molar-refractivity contribution < 1.29 is 14.6 Å². The lowest BCUT2D eigenvalue weighted by atomic mass is 10.2. The summed E-state index contributed by atoms with van der Waals surface area (Å²) < 4.78 is 5.06. The van der Waals surface area contributed by atoms with E-state index in [1.807, 2.05) is 0 Å². The van der Waals surface area contributed by atoms with Crippen LogP contribution in [0.2, 0.25) is 10.0 Å². The van der Waals surface area contributed by atoms with Gasteiger partial charge in [-0.1, -0.05) is 29.3 Å². The second kappa shape index (κ2) is 7.39. The number of amides is 1. The van der Waals surface area contributed by atoms with Crippen molar-refractivity contribution in [2.45, 2.75) is 0 Å². The number of aromatic hydroxyl groups is 1. The van der Waals surface area contributed by atoms with Crippen molar-refractivity contribution in [3.05, 3.63) is 56.9 Å². The van der Waals surface area contributed by atoms with Gasteiger partial charge in [0.05, 0.1) is 17.7 Å². The molecular weight excluding hydrogens is 383 g/mol. The summed E-state index contributed by atoms with van der Waals surface area (Å²) in [5.74, 6) is 0.109. The number of aliphatic imine (C=N–C) groups is 1. The Labute approximate surface area is 158 Å². The SMILES string of the molecule is COc1cc(/C=C2/SC(=Nc3cc(Cl)cc(Cl)c3)NC2=O)ccc1O. The second-order valence-corrected chi connectivity index (χ2v) is 6.94. The fourth-order valence-electron chi connectivity index (χ4n) is 2.14. The quantitative estimate of drug-likeness (QED) is 0.746. The van der Waals surface area contributed by atoms with Crippen LogP contribution in [0.3, 0.4) is 0 Å². The first-order valence-electron chi connectivity index (χ1n) is 7.07. The van der Waals surface area contributed by atoms with Gasteiger partial charge in [-0.3, -0.25) is 4.79 Å². The minimum Gasteiger partial charge on any atom is -0.504 e. The molecule has 1 fully saturated rings. The predicted molar refractivity (Wildman–Crippen MR) is 102 cm³/mol. The molecule has 2 aromatic carbocycles. The molecule has 0 atom stereocenters. The Kier molecular flexibility index (Phi) is 5.22. The van der Waals surface area contributed by atoms with Crippen molar-refractivity contribution in [2.24, 2.45) is 4.99 Å². The van der Waals surface area contributed by atoms with Gasteiger partial charge in [-0.15, -0.1) is 0 Å². The van der Waals surface area contributed by atoms with Crippen molar-refractivity contribution in [1.29, 1.82) is 0 Å². The number of phenols is 1. The van der Waals surface area contributed by atoms with E-state index in [1.54, 1.807) is 36.4 Å². The highest BCUT2D eigenvalue weighted by Gasteiger charge is 2.24. The topological polar surface area (TPSA) is 70.9 Å². The van der Waals surface area contributed by atoms with E-state index in [4.69, 9.17) is 27.9 Å². The molecule has 1 aliphatic rings. The Morgan fingerprint density at radius 2 is 1.92 bits per heavy atom. The van der Waals surface area contributed by atoms with Gasteiger partial charge in [0.1, 0.15) is 0 Å². The summed E-state index contributed by atoms with van der Waals surface area (Å²) in [5.41, 5.74) is 1.27. The number of carbonyl (C=O) groups excluding carboxylic acids is 1. The number of hydrogen-bond acceptors (Lipinski definition) is 5. The van der Waals surface area contributed by atoms with Gasteiger partial charge in [0.15, 0.2) is 16.7 Å². The Balaban J connectivity index is 1.86. The third kappa shape index (κ3) is 4.28. The summed E-state index contributed by atoms with van der Waals surface area (Å²) >= 11 is 13.1.